The third kappa shape index (κ3) is 3.42. The second kappa shape index (κ2) is 6.39. The highest BCUT2D eigenvalue weighted by atomic mass is 15.0. The Labute approximate surface area is 129 Å². The van der Waals surface area contributed by atoms with E-state index < -0.39 is 0 Å². The molecule has 116 valence electrons. The fourth-order valence-corrected chi connectivity index (χ4v) is 4.49. The number of hydrogen-bond acceptors (Lipinski definition) is 2. The minimum atomic E-state index is 0.583. The molecule has 2 aliphatic rings. The Bertz CT molecular complexity index is 460. The van der Waals surface area contributed by atoms with Crippen LogP contribution in [0.3, 0.4) is 0 Å². The molecule has 3 rings (SSSR count). The summed E-state index contributed by atoms with van der Waals surface area (Å²) in [6.45, 7) is 8.16. The maximum Gasteiger partial charge on any atom is 0.0376 e. The van der Waals surface area contributed by atoms with Gasteiger partial charge in [-0.2, -0.15) is 0 Å². The Morgan fingerprint density at radius 1 is 1.24 bits per heavy atom. The van der Waals surface area contributed by atoms with Crippen molar-refractivity contribution in [1.82, 2.24) is 5.32 Å². The lowest BCUT2D eigenvalue weighted by Gasteiger charge is -2.32. The van der Waals surface area contributed by atoms with Gasteiger partial charge >= 0.3 is 0 Å². The van der Waals surface area contributed by atoms with Gasteiger partial charge in [-0.1, -0.05) is 44.9 Å². The Kier molecular flexibility index (Phi) is 4.54. The van der Waals surface area contributed by atoms with Crippen LogP contribution in [-0.4, -0.2) is 19.6 Å². The van der Waals surface area contributed by atoms with Crippen molar-refractivity contribution in [2.75, 3.05) is 25.0 Å². The summed E-state index contributed by atoms with van der Waals surface area (Å²) in [6.07, 6.45) is 7.11. The van der Waals surface area contributed by atoms with E-state index in [0.29, 0.717) is 11.3 Å². The lowest BCUT2D eigenvalue weighted by atomic mass is 9.78. The minimum Gasteiger partial charge on any atom is -0.384 e. The smallest absolute Gasteiger partial charge is 0.0376 e. The quantitative estimate of drug-likeness (QED) is 0.810. The summed E-state index contributed by atoms with van der Waals surface area (Å²) in [5.41, 5.74) is 3.41. The molecule has 1 fully saturated rings. The van der Waals surface area contributed by atoms with Crippen LogP contribution in [0.25, 0.3) is 0 Å². The lowest BCUT2D eigenvalue weighted by molar-refractivity contribution is 0.223. The highest BCUT2D eigenvalue weighted by Crippen LogP contribution is 2.42. The van der Waals surface area contributed by atoms with Gasteiger partial charge in [0.25, 0.3) is 0 Å². The third-order valence-electron chi connectivity index (χ3n) is 5.34. The summed E-state index contributed by atoms with van der Waals surface area (Å²) in [6, 6.07) is 8.77. The van der Waals surface area contributed by atoms with E-state index in [4.69, 9.17) is 0 Å². The summed E-state index contributed by atoms with van der Waals surface area (Å²) in [5.74, 6) is 1.46. The summed E-state index contributed by atoms with van der Waals surface area (Å²) in [5, 5.41) is 7.35. The Balaban J connectivity index is 1.54. The van der Waals surface area contributed by atoms with Crippen LogP contribution in [0.5, 0.6) is 0 Å². The van der Waals surface area contributed by atoms with Crippen LogP contribution in [0.4, 0.5) is 5.69 Å². The second-order valence-corrected chi connectivity index (χ2v) is 7.60. The van der Waals surface area contributed by atoms with Crippen LogP contribution in [0.2, 0.25) is 0 Å². The molecule has 1 saturated carbocycles. The first-order chi connectivity index (χ1) is 10.2. The first kappa shape index (κ1) is 14.9. The summed E-state index contributed by atoms with van der Waals surface area (Å²) in [7, 11) is 0. The predicted molar refractivity (Wildman–Crippen MR) is 90.9 cm³/mol. The van der Waals surface area contributed by atoms with E-state index in [2.05, 4.69) is 48.7 Å². The molecule has 0 saturated heterocycles. The molecule has 1 atom stereocenters. The van der Waals surface area contributed by atoms with Crippen molar-refractivity contribution < 1.29 is 0 Å². The number of hydrogen-bond donors (Lipinski definition) is 2. The summed E-state index contributed by atoms with van der Waals surface area (Å²) < 4.78 is 0. The van der Waals surface area contributed by atoms with Gasteiger partial charge in [-0.25, -0.2) is 0 Å². The van der Waals surface area contributed by atoms with Crippen LogP contribution in [0.15, 0.2) is 24.3 Å². The molecule has 1 aliphatic carbocycles. The van der Waals surface area contributed by atoms with Gasteiger partial charge in [-0.05, 0) is 42.2 Å². The molecule has 0 aromatic heterocycles. The van der Waals surface area contributed by atoms with Gasteiger partial charge in [0.15, 0.2) is 0 Å². The maximum absolute atomic E-state index is 3.82. The first-order valence-electron chi connectivity index (χ1n) is 8.72. The fraction of sp³-hybridized carbons (Fsp3) is 0.684. The molecule has 0 radical (unpaired) electrons. The van der Waals surface area contributed by atoms with E-state index in [1.807, 2.05) is 0 Å². The van der Waals surface area contributed by atoms with Gasteiger partial charge in [0.2, 0.25) is 0 Å². The zero-order valence-corrected chi connectivity index (χ0v) is 13.6. The van der Waals surface area contributed by atoms with E-state index in [9.17, 15) is 0 Å². The maximum atomic E-state index is 3.82. The third-order valence-corrected chi connectivity index (χ3v) is 5.34. The molecule has 1 unspecified atom stereocenters. The Morgan fingerprint density at radius 2 is 2.00 bits per heavy atom. The van der Waals surface area contributed by atoms with Gasteiger partial charge in [-0.15, -0.1) is 0 Å². The van der Waals surface area contributed by atoms with Crippen LogP contribution in [0, 0.1) is 11.3 Å². The van der Waals surface area contributed by atoms with Gasteiger partial charge in [0.1, 0.15) is 0 Å². The molecule has 2 nitrogen and oxygen atoms in total. The number of rotatable bonds is 6. The summed E-state index contributed by atoms with van der Waals surface area (Å²) in [4.78, 5) is 0. The van der Waals surface area contributed by atoms with Crippen molar-refractivity contribution in [1.29, 1.82) is 0 Å². The zero-order valence-electron chi connectivity index (χ0n) is 13.6. The highest BCUT2D eigenvalue weighted by Gasteiger charge is 2.34. The van der Waals surface area contributed by atoms with Crippen molar-refractivity contribution in [3.05, 3.63) is 29.8 Å². The minimum absolute atomic E-state index is 0.583. The Morgan fingerprint density at radius 3 is 2.76 bits per heavy atom. The van der Waals surface area contributed by atoms with E-state index in [-0.39, 0.29) is 0 Å². The van der Waals surface area contributed by atoms with E-state index in [1.54, 1.807) is 0 Å². The standard InChI is InChI=1S/C19H30N2/c1-15(2)11-19(9-5-6-10-19)14-20-12-16-13-21-18-8-4-3-7-17(16)18/h3-4,7-8,15-16,20-21H,5-6,9-14H2,1-2H3. The lowest BCUT2D eigenvalue weighted by Crippen LogP contribution is -2.35. The van der Waals surface area contributed by atoms with Crippen molar-refractivity contribution in [2.45, 2.75) is 51.9 Å². The SMILES string of the molecule is CC(C)CC1(CNCC2CNc3ccccc32)CCCC1. The number of para-hydroxylation sites is 1. The molecule has 0 bridgehead atoms. The number of nitrogens with one attached hydrogen (secondary N) is 2. The van der Waals surface area contributed by atoms with Gasteiger partial charge < -0.3 is 10.6 Å². The van der Waals surface area contributed by atoms with Crippen LogP contribution in [0.1, 0.15) is 57.4 Å². The van der Waals surface area contributed by atoms with E-state index in [1.165, 1.54) is 49.9 Å². The molecule has 0 amide bonds. The van der Waals surface area contributed by atoms with Crippen molar-refractivity contribution >= 4 is 5.69 Å². The van der Waals surface area contributed by atoms with Crippen molar-refractivity contribution in [2.24, 2.45) is 11.3 Å². The van der Waals surface area contributed by atoms with E-state index in [0.717, 1.165) is 19.0 Å². The normalized spacial score (nSPS) is 23.3. The number of fused-ring (bicyclic) bond motifs is 1. The van der Waals surface area contributed by atoms with Crippen molar-refractivity contribution in [3.8, 4) is 0 Å². The fourth-order valence-electron chi connectivity index (χ4n) is 4.49. The molecule has 1 heterocycles. The monoisotopic (exact) mass is 286 g/mol. The average Bonchev–Trinajstić information content (AvgIpc) is 3.06. The largest absolute Gasteiger partial charge is 0.384 e. The predicted octanol–water partition coefficient (Wildman–Crippen LogP) is 4.39. The number of benzene rings is 1. The molecular weight excluding hydrogens is 256 g/mol. The molecule has 1 aliphatic heterocycles. The average molecular weight is 286 g/mol. The van der Waals surface area contributed by atoms with Gasteiger partial charge in [0, 0.05) is 31.2 Å². The Hall–Kier alpha value is -1.02. The summed E-state index contributed by atoms with van der Waals surface area (Å²) >= 11 is 0. The molecule has 1 aromatic carbocycles. The van der Waals surface area contributed by atoms with E-state index >= 15 is 0 Å². The van der Waals surface area contributed by atoms with Crippen molar-refractivity contribution in [3.63, 3.8) is 0 Å². The van der Waals surface area contributed by atoms with Crippen LogP contribution in [-0.2, 0) is 0 Å². The number of anilines is 1. The van der Waals surface area contributed by atoms with Gasteiger partial charge in [-0.3, -0.25) is 0 Å². The topological polar surface area (TPSA) is 24.1 Å². The highest BCUT2D eigenvalue weighted by molar-refractivity contribution is 5.57. The molecular formula is C19H30N2. The zero-order chi connectivity index (χ0) is 14.7. The molecule has 0 spiro atoms. The van der Waals surface area contributed by atoms with Crippen LogP contribution < -0.4 is 10.6 Å². The molecule has 2 heteroatoms. The van der Waals surface area contributed by atoms with Crippen LogP contribution >= 0.6 is 0 Å². The second-order valence-electron chi connectivity index (χ2n) is 7.60. The molecule has 21 heavy (non-hydrogen) atoms. The molecule has 1 aromatic rings. The molecule has 2 N–H and O–H groups in total. The van der Waals surface area contributed by atoms with Gasteiger partial charge in [0.05, 0.1) is 0 Å². The first-order valence-corrected chi connectivity index (χ1v) is 8.72.